The molecule has 0 spiro atoms. The molecule has 6 nitrogen and oxygen atoms in total. The zero-order chi connectivity index (χ0) is 17.1. The van der Waals surface area contributed by atoms with Crippen molar-refractivity contribution in [3.05, 3.63) is 59.7 Å². The van der Waals surface area contributed by atoms with Crippen molar-refractivity contribution in [2.24, 2.45) is 5.73 Å². The molecule has 1 aliphatic heterocycles. The van der Waals surface area contributed by atoms with Gasteiger partial charge in [-0.15, -0.1) is 0 Å². The van der Waals surface area contributed by atoms with Crippen molar-refractivity contribution in [3.8, 4) is 0 Å². The summed E-state index contributed by atoms with van der Waals surface area (Å²) in [5, 5.41) is 3.11. The number of primary amides is 1. The zero-order valence-electron chi connectivity index (χ0n) is 12.9. The lowest BCUT2D eigenvalue weighted by Gasteiger charge is -2.18. The lowest BCUT2D eigenvalue weighted by Crippen LogP contribution is -2.33. The standard InChI is InChI=1S/C17H17FN4O2/c18-12-3-1-11(2-4-12)10-22-8-6-14(17(22)24)21-13-5-7-20-15(9-13)16(19)23/h1-5,7,9,14H,6,8,10H2,(H2,19,23)(H,20,21). The normalized spacial score (nSPS) is 17.1. The maximum Gasteiger partial charge on any atom is 0.267 e. The molecular formula is C17H17FN4O2. The summed E-state index contributed by atoms with van der Waals surface area (Å²) >= 11 is 0. The molecule has 0 saturated carbocycles. The second-order valence-electron chi connectivity index (χ2n) is 5.67. The van der Waals surface area contributed by atoms with E-state index in [1.165, 1.54) is 24.4 Å². The van der Waals surface area contributed by atoms with Crippen LogP contribution >= 0.6 is 0 Å². The number of amides is 2. The molecule has 3 N–H and O–H groups in total. The molecule has 2 aromatic rings. The molecule has 1 aromatic heterocycles. The maximum absolute atomic E-state index is 12.9. The summed E-state index contributed by atoms with van der Waals surface area (Å²) in [6, 6.07) is 8.95. The van der Waals surface area contributed by atoms with E-state index in [0.29, 0.717) is 25.2 Å². The monoisotopic (exact) mass is 328 g/mol. The third kappa shape index (κ3) is 3.51. The minimum atomic E-state index is -0.616. The summed E-state index contributed by atoms with van der Waals surface area (Å²) < 4.78 is 12.9. The Balaban J connectivity index is 1.64. The maximum atomic E-state index is 12.9. The van der Waals surface area contributed by atoms with Crippen molar-refractivity contribution < 1.29 is 14.0 Å². The fraction of sp³-hybridized carbons (Fsp3) is 0.235. The first-order valence-electron chi connectivity index (χ1n) is 7.58. The highest BCUT2D eigenvalue weighted by Crippen LogP contribution is 2.19. The Morgan fingerprint density at radius 2 is 2.08 bits per heavy atom. The molecule has 1 fully saturated rings. The number of nitrogens with one attached hydrogen (secondary N) is 1. The predicted octanol–water partition coefficient (Wildman–Crippen LogP) is 1.53. The van der Waals surface area contributed by atoms with Crippen LogP contribution in [0.25, 0.3) is 0 Å². The van der Waals surface area contributed by atoms with Crippen LogP contribution in [0.1, 0.15) is 22.5 Å². The minimum absolute atomic E-state index is 0.0308. The SMILES string of the molecule is NC(=O)c1cc(NC2CCN(Cc3ccc(F)cc3)C2=O)ccn1. The first-order valence-corrected chi connectivity index (χ1v) is 7.58. The number of nitrogens with zero attached hydrogens (tertiary/aromatic N) is 2. The predicted molar refractivity (Wildman–Crippen MR) is 86.6 cm³/mol. The zero-order valence-corrected chi connectivity index (χ0v) is 12.9. The van der Waals surface area contributed by atoms with Crippen LogP contribution in [0.5, 0.6) is 0 Å². The van der Waals surface area contributed by atoms with Gasteiger partial charge in [0.15, 0.2) is 0 Å². The number of halogens is 1. The van der Waals surface area contributed by atoms with Gasteiger partial charge in [-0.2, -0.15) is 0 Å². The number of rotatable bonds is 5. The Labute approximate surface area is 138 Å². The molecule has 3 rings (SSSR count). The highest BCUT2D eigenvalue weighted by molar-refractivity contribution is 5.92. The van der Waals surface area contributed by atoms with Crippen molar-refractivity contribution in [1.29, 1.82) is 0 Å². The van der Waals surface area contributed by atoms with E-state index in [9.17, 15) is 14.0 Å². The molecular weight excluding hydrogens is 311 g/mol. The van der Waals surface area contributed by atoms with E-state index in [-0.39, 0.29) is 23.5 Å². The van der Waals surface area contributed by atoms with Gasteiger partial charge in [0.25, 0.3) is 5.91 Å². The molecule has 1 atom stereocenters. The average Bonchev–Trinajstić information content (AvgIpc) is 2.90. The molecule has 7 heteroatoms. The highest BCUT2D eigenvalue weighted by atomic mass is 19.1. The Morgan fingerprint density at radius 1 is 1.33 bits per heavy atom. The number of carbonyl (C=O) groups excluding carboxylic acids is 2. The summed E-state index contributed by atoms with van der Waals surface area (Å²) in [5.74, 6) is -0.944. The first kappa shape index (κ1) is 15.9. The molecule has 0 radical (unpaired) electrons. The molecule has 0 aliphatic carbocycles. The third-order valence-electron chi connectivity index (χ3n) is 3.94. The number of anilines is 1. The Hall–Kier alpha value is -2.96. The van der Waals surface area contributed by atoms with Crippen LogP contribution in [-0.2, 0) is 11.3 Å². The number of aromatic nitrogens is 1. The highest BCUT2D eigenvalue weighted by Gasteiger charge is 2.31. The largest absolute Gasteiger partial charge is 0.374 e. The lowest BCUT2D eigenvalue weighted by molar-refractivity contribution is -0.128. The first-order chi connectivity index (χ1) is 11.5. The number of hydrogen-bond acceptors (Lipinski definition) is 4. The fourth-order valence-electron chi connectivity index (χ4n) is 2.70. The molecule has 24 heavy (non-hydrogen) atoms. The minimum Gasteiger partial charge on any atom is -0.374 e. The van der Waals surface area contributed by atoms with E-state index in [2.05, 4.69) is 10.3 Å². The molecule has 0 bridgehead atoms. The fourth-order valence-corrected chi connectivity index (χ4v) is 2.70. The van der Waals surface area contributed by atoms with E-state index in [4.69, 9.17) is 5.73 Å². The van der Waals surface area contributed by atoms with E-state index in [1.807, 2.05) is 0 Å². The summed E-state index contributed by atoms with van der Waals surface area (Å²) in [4.78, 5) is 29.2. The van der Waals surface area contributed by atoms with Gasteiger partial charge in [0, 0.05) is 25.0 Å². The van der Waals surface area contributed by atoms with Crippen LogP contribution in [0.4, 0.5) is 10.1 Å². The van der Waals surface area contributed by atoms with Gasteiger partial charge in [0.05, 0.1) is 0 Å². The van der Waals surface area contributed by atoms with Crippen molar-refractivity contribution >= 4 is 17.5 Å². The summed E-state index contributed by atoms with van der Waals surface area (Å²) in [6.07, 6.45) is 2.12. The summed E-state index contributed by atoms with van der Waals surface area (Å²) in [7, 11) is 0. The van der Waals surface area contributed by atoms with Gasteiger partial charge in [-0.3, -0.25) is 14.6 Å². The van der Waals surface area contributed by atoms with E-state index >= 15 is 0 Å². The molecule has 1 unspecified atom stereocenters. The van der Waals surface area contributed by atoms with Gasteiger partial charge in [-0.1, -0.05) is 12.1 Å². The van der Waals surface area contributed by atoms with Crippen LogP contribution in [0.2, 0.25) is 0 Å². The number of nitrogens with two attached hydrogens (primary N) is 1. The number of pyridine rings is 1. The van der Waals surface area contributed by atoms with Crippen LogP contribution in [0.3, 0.4) is 0 Å². The smallest absolute Gasteiger partial charge is 0.267 e. The van der Waals surface area contributed by atoms with E-state index < -0.39 is 5.91 Å². The van der Waals surface area contributed by atoms with Gasteiger partial charge < -0.3 is 16.0 Å². The van der Waals surface area contributed by atoms with Crippen molar-refractivity contribution in [1.82, 2.24) is 9.88 Å². The average molecular weight is 328 g/mol. The van der Waals surface area contributed by atoms with E-state index in [0.717, 1.165) is 5.56 Å². The van der Waals surface area contributed by atoms with E-state index in [1.54, 1.807) is 23.1 Å². The molecule has 1 aliphatic rings. The molecule has 1 saturated heterocycles. The summed E-state index contributed by atoms with van der Waals surface area (Å²) in [6.45, 7) is 1.06. The van der Waals surface area contributed by atoms with Gasteiger partial charge in [0.2, 0.25) is 5.91 Å². The molecule has 2 heterocycles. The Bertz CT molecular complexity index is 763. The number of benzene rings is 1. The second kappa shape index (κ2) is 6.66. The van der Waals surface area contributed by atoms with Crippen LogP contribution in [0, 0.1) is 5.82 Å². The number of carbonyl (C=O) groups is 2. The molecule has 1 aromatic carbocycles. The summed E-state index contributed by atoms with van der Waals surface area (Å²) in [5.41, 5.74) is 6.86. The Morgan fingerprint density at radius 3 is 2.79 bits per heavy atom. The Kier molecular flexibility index (Phi) is 4.41. The van der Waals surface area contributed by atoms with Gasteiger partial charge in [-0.05, 0) is 36.2 Å². The van der Waals surface area contributed by atoms with Gasteiger partial charge in [-0.25, -0.2) is 4.39 Å². The van der Waals surface area contributed by atoms with Crippen molar-refractivity contribution in [2.75, 3.05) is 11.9 Å². The quantitative estimate of drug-likeness (QED) is 0.871. The topological polar surface area (TPSA) is 88.3 Å². The van der Waals surface area contributed by atoms with Crippen LogP contribution in [-0.4, -0.2) is 34.3 Å². The van der Waals surface area contributed by atoms with Gasteiger partial charge >= 0.3 is 0 Å². The lowest BCUT2D eigenvalue weighted by atomic mass is 10.2. The van der Waals surface area contributed by atoms with Crippen LogP contribution < -0.4 is 11.1 Å². The van der Waals surface area contributed by atoms with Crippen molar-refractivity contribution in [3.63, 3.8) is 0 Å². The second-order valence-corrected chi connectivity index (χ2v) is 5.67. The van der Waals surface area contributed by atoms with Crippen molar-refractivity contribution in [2.45, 2.75) is 19.0 Å². The molecule has 2 amide bonds. The van der Waals surface area contributed by atoms with Crippen LogP contribution in [0.15, 0.2) is 42.6 Å². The number of hydrogen-bond donors (Lipinski definition) is 2. The third-order valence-corrected chi connectivity index (χ3v) is 3.94. The number of likely N-dealkylation sites (tertiary alicyclic amines) is 1. The van der Waals surface area contributed by atoms with Gasteiger partial charge in [0.1, 0.15) is 17.6 Å². The molecule has 124 valence electrons.